The van der Waals surface area contributed by atoms with E-state index in [4.69, 9.17) is 11.1 Å². The summed E-state index contributed by atoms with van der Waals surface area (Å²) in [7, 11) is 0. The second-order valence-electron chi connectivity index (χ2n) is 7.97. The Bertz CT molecular complexity index is 1000. The molecule has 0 amide bonds. The monoisotopic (exact) mass is 458 g/mol. The molecule has 1 aliphatic carbocycles. The molecule has 3 rings (SSSR count). The molecule has 0 saturated carbocycles. The van der Waals surface area contributed by atoms with Crippen molar-refractivity contribution < 1.29 is 36.9 Å². The molecule has 1 aliphatic heterocycles. The third-order valence-corrected chi connectivity index (χ3v) is 5.79. The highest BCUT2D eigenvalue weighted by Gasteiger charge is 2.71. The minimum absolute atomic E-state index is 0.223. The van der Waals surface area contributed by atoms with Crippen molar-refractivity contribution in [2.75, 3.05) is 0 Å². The number of halogens is 6. The Kier molecular flexibility index (Phi) is 5.80. The molecule has 0 radical (unpaired) electrons. The first-order valence-electron chi connectivity index (χ1n) is 9.56. The molecule has 0 spiro atoms. The van der Waals surface area contributed by atoms with E-state index in [0.717, 1.165) is 23.4 Å². The first-order valence-corrected chi connectivity index (χ1v) is 9.56. The van der Waals surface area contributed by atoms with Gasteiger partial charge in [-0.05, 0) is 23.6 Å². The van der Waals surface area contributed by atoms with Crippen LogP contribution in [0.4, 0.5) is 26.3 Å². The molecular formula is C22H22F6N3O+. The number of aliphatic hydroxyl groups is 1. The van der Waals surface area contributed by atoms with Gasteiger partial charge in [0.15, 0.2) is 6.21 Å². The average Bonchev–Trinajstić information content (AvgIpc) is 3.03. The van der Waals surface area contributed by atoms with Gasteiger partial charge in [-0.25, -0.2) is 0 Å². The summed E-state index contributed by atoms with van der Waals surface area (Å²) in [6, 6.07) is 3.59. The van der Waals surface area contributed by atoms with Crippen LogP contribution in [0.2, 0.25) is 0 Å². The Morgan fingerprint density at radius 2 is 1.72 bits per heavy atom. The summed E-state index contributed by atoms with van der Waals surface area (Å²) in [6.45, 7) is 2.23. The first-order chi connectivity index (χ1) is 14.8. The van der Waals surface area contributed by atoms with Crippen LogP contribution in [0.3, 0.4) is 0 Å². The highest BCUT2D eigenvalue weighted by Crippen LogP contribution is 2.50. The van der Waals surface area contributed by atoms with Crippen molar-refractivity contribution in [2.24, 2.45) is 11.1 Å². The Labute approximate surface area is 180 Å². The Hall–Kier alpha value is -3.01. The van der Waals surface area contributed by atoms with Crippen LogP contribution in [0, 0.1) is 5.41 Å². The molecule has 0 aromatic heterocycles. The maximum absolute atomic E-state index is 13.1. The topological polar surface area (TPSA) is 75.1 Å². The van der Waals surface area contributed by atoms with Crippen molar-refractivity contribution in [3.05, 3.63) is 82.9 Å². The molecule has 1 heterocycles. The van der Waals surface area contributed by atoms with Gasteiger partial charge in [-0.3, -0.25) is 5.41 Å². The molecule has 10 heteroatoms. The van der Waals surface area contributed by atoms with Gasteiger partial charge >= 0.3 is 12.4 Å². The minimum atomic E-state index is -5.92. The molecular weight excluding hydrogens is 436 g/mol. The predicted octanol–water partition coefficient (Wildman–Crippen LogP) is 3.22. The van der Waals surface area contributed by atoms with E-state index in [2.05, 4.69) is 0 Å². The second kappa shape index (κ2) is 7.84. The van der Waals surface area contributed by atoms with E-state index in [1.54, 1.807) is 0 Å². The van der Waals surface area contributed by atoms with Crippen molar-refractivity contribution in [3.8, 4) is 0 Å². The second-order valence-corrected chi connectivity index (χ2v) is 7.97. The Balaban J connectivity index is 1.85. The van der Waals surface area contributed by atoms with Gasteiger partial charge in [-0.2, -0.15) is 26.3 Å². The molecule has 1 unspecified atom stereocenters. The van der Waals surface area contributed by atoms with Gasteiger partial charge in [0, 0.05) is 35.6 Å². The molecule has 172 valence electrons. The number of rotatable bonds is 5. The molecule has 1 aromatic rings. The summed E-state index contributed by atoms with van der Waals surface area (Å²) in [4.78, 5) is 1.86. The number of benzene rings is 1. The molecule has 1 aromatic carbocycles. The third kappa shape index (κ3) is 3.83. The maximum Gasteiger partial charge on any atom is 0.430 e. The molecule has 0 saturated heterocycles. The third-order valence-electron chi connectivity index (χ3n) is 5.79. The zero-order valence-electron chi connectivity index (χ0n) is 17.0. The molecule has 32 heavy (non-hydrogen) atoms. The molecule has 5 N–H and O–H groups in total. The smallest absolute Gasteiger partial charge is 0.404 e. The molecule has 1 atom stereocenters. The van der Waals surface area contributed by atoms with E-state index in [1.165, 1.54) is 12.4 Å². The summed E-state index contributed by atoms with van der Waals surface area (Å²) in [6.07, 6.45) is -0.855. The quantitative estimate of drug-likeness (QED) is 0.469. The summed E-state index contributed by atoms with van der Waals surface area (Å²) in [5.41, 5.74) is 2.04. The summed E-state index contributed by atoms with van der Waals surface area (Å²) >= 11 is 0. The molecule has 0 fully saturated rings. The van der Waals surface area contributed by atoms with Crippen LogP contribution in [0.15, 0.2) is 71.7 Å². The fourth-order valence-electron chi connectivity index (χ4n) is 3.96. The van der Waals surface area contributed by atoms with Crippen molar-refractivity contribution in [3.63, 3.8) is 0 Å². The largest absolute Gasteiger partial charge is 0.430 e. The number of hydrogen-bond donors (Lipinski definition) is 3. The van der Waals surface area contributed by atoms with Crippen LogP contribution in [-0.2, 0) is 12.1 Å². The highest BCUT2D eigenvalue weighted by molar-refractivity contribution is 5.80. The fourth-order valence-corrected chi connectivity index (χ4v) is 3.96. The lowest BCUT2D eigenvalue weighted by Gasteiger charge is -2.34. The van der Waals surface area contributed by atoms with Crippen molar-refractivity contribution in [1.29, 1.82) is 0 Å². The van der Waals surface area contributed by atoms with Gasteiger partial charge < -0.3 is 15.7 Å². The lowest BCUT2D eigenvalue weighted by Crippen LogP contribution is -2.53. The first kappa shape index (κ1) is 23.6. The zero-order valence-corrected chi connectivity index (χ0v) is 17.0. The van der Waals surface area contributed by atoms with E-state index in [9.17, 15) is 31.4 Å². The lowest BCUT2D eigenvalue weighted by molar-refractivity contribution is -0.376. The summed E-state index contributed by atoms with van der Waals surface area (Å²) in [5, 5.41) is 15.1. The van der Waals surface area contributed by atoms with Gasteiger partial charge in [0.1, 0.15) is 0 Å². The van der Waals surface area contributed by atoms with E-state index in [0.29, 0.717) is 29.7 Å². The number of allylic oxidation sites excluding steroid dienone is 5. The minimum Gasteiger partial charge on any atom is -0.404 e. The number of alkyl halides is 6. The standard InChI is InChI=1S/C22H21F6N3O/c1-19-8-9-31(18(19)7-4-15(10-19)16(11-29)12-30)13-14-2-5-17(6-3-14)20(32,21(23,24)25)22(26,27)28/h2-9,11-12,29,32H,10,13,30H2,1H3/p+1. The predicted molar refractivity (Wildman–Crippen MR) is 106 cm³/mol. The lowest BCUT2D eigenvalue weighted by atomic mass is 9.76. The maximum atomic E-state index is 13.1. The highest BCUT2D eigenvalue weighted by atomic mass is 19.4. The molecule has 0 bridgehead atoms. The number of nitrogens with two attached hydrogens (primary N) is 2. The molecule has 2 aliphatic rings. The normalized spacial score (nSPS) is 21.9. The van der Waals surface area contributed by atoms with E-state index >= 15 is 0 Å². The average molecular weight is 458 g/mol. The Morgan fingerprint density at radius 3 is 2.22 bits per heavy atom. The zero-order chi connectivity index (χ0) is 23.9. The van der Waals surface area contributed by atoms with Crippen LogP contribution >= 0.6 is 0 Å². The van der Waals surface area contributed by atoms with Gasteiger partial charge in [-0.15, -0.1) is 0 Å². The van der Waals surface area contributed by atoms with Crippen molar-refractivity contribution in [2.45, 2.75) is 37.8 Å². The number of nitrogens with zero attached hydrogens (tertiary/aromatic N) is 1. The van der Waals surface area contributed by atoms with Crippen LogP contribution in [0.5, 0.6) is 0 Å². The van der Waals surface area contributed by atoms with Crippen molar-refractivity contribution in [1.82, 2.24) is 4.90 Å². The summed E-state index contributed by atoms with van der Waals surface area (Å²) < 4.78 is 78.4. The van der Waals surface area contributed by atoms with Crippen molar-refractivity contribution >= 4 is 6.21 Å². The van der Waals surface area contributed by atoms with Crippen LogP contribution in [-0.4, -0.2) is 28.6 Å². The number of hydrogen-bond acceptors (Lipinski definition) is 3. The molecule has 4 nitrogen and oxygen atoms in total. The van der Waals surface area contributed by atoms with Crippen LogP contribution < -0.4 is 11.1 Å². The van der Waals surface area contributed by atoms with E-state index in [-0.39, 0.29) is 12.0 Å². The van der Waals surface area contributed by atoms with Gasteiger partial charge in [0.25, 0.3) is 5.60 Å². The van der Waals surface area contributed by atoms with Gasteiger partial charge in [0.05, 0.1) is 5.57 Å². The van der Waals surface area contributed by atoms with Gasteiger partial charge in [-0.1, -0.05) is 43.3 Å². The fraction of sp³-hybridized carbons (Fsp3) is 0.318. The van der Waals surface area contributed by atoms with Gasteiger partial charge in [0.2, 0.25) is 0 Å². The van der Waals surface area contributed by atoms with E-state index in [1.807, 2.05) is 36.3 Å². The number of fused-ring (bicyclic) bond motifs is 1. The SMILES string of the molecule is CC12C=CN(Cc3ccc(C(O)(C(F)(F)F)C(F)(F)F)cc3)C1=CC=C(C(C=[NH2+])=CN)C2. The van der Waals surface area contributed by atoms with Crippen LogP contribution in [0.25, 0.3) is 0 Å². The Morgan fingerprint density at radius 1 is 1.12 bits per heavy atom. The van der Waals surface area contributed by atoms with E-state index < -0.39 is 23.5 Å². The van der Waals surface area contributed by atoms with Crippen LogP contribution in [0.1, 0.15) is 24.5 Å². The summed E-state index contributed by atoms with van der Waals surface area (Å²) in [5.74, 6) is 0.